The molecule has 0 aliphatic heterocycles. The molecule has 0 unspecified atom stereocenters. The molecule has 1 fully saturated rings. The van der Waals surface area contributed by atoms with Crippen LogP contribution in [0.3, 0.4) is 0 Å². The summed E-state index contributed by atoms with van der Waals surface area (Å²) in [5.41, 5.74) is 0.265. The van der Waals surface area contributed by atoms with Gasteiger partial charge in [0.25, 0.3) is 5.91 Å². The van der Waals surface area contributed by atoms with Crippen molar-refractivity contribution in [1.29, 1.82) is 0 Å². The predicted octanol–water partition coefficient (Wildman–Crippen LogP) is 2.38. The molecule has 0 N–H and O–H groups in total. The molecule has 1 amide bonds. The Hall–Kier alpha value is -1.91. The summed E-state index contributed by atoms with van der Waals surface area (Å²) < 4.78 is 17.9. The van der Waals surface area contributed by atoms with Crippen LogP contribution in [0.1, 0.15) is 36.0 Å². The fourth-order valence-electron chi connectivity index (χ4n) is 2.57. The largest absolute Gasteiger partial charge is 0.468 e. The lowest BCUT2D eigenvalue weighted by molar-refractivity contribution is -0.141. The normalized spacial score (nSPS) is 15.1. The van der Waals surface area contributed by atoms with Gasteiger partial charge in [-0.2, -0.15) is 0 Å². The van der Waals surface area contributed by atoms with Gasteiger partial charge >= 0.3 is 5.97 Å². The van der Waals surface area contributed by atoms with Crippen LogP contribution in [0.5, 0.6) is 0 Å². The number of halogens is 1. The van der Waals surface area contributed by atoms with Crippen molar-refractivity contribution in [1.82, 2.24) is 4.90 Å². The van der Waals surface area contributed by atoms with E-state index in [1.807, 2.05) is 0 Å². The molecule has 4 nitrogen and oxygen atoms in total. The van der Waals surface area contributed by atoms with Crippen LogP contribution >= 0.6 is 0 Å². The van der Waals surface area contributed by atoms with Crippen LogP contribution in [0.4, 0.5) is 4.39 Å². The zero-order valence-electron chi connectivity index (χ0n) is 11.5. The highest BCUT2D eigenvalue weighted by atomic mass is 19.1. The summed E-state index contributed by atoms with van der Waals surface area (Å²) in [5, 5.41) is 0. The molecule has 0 aromatic heterocycles. The maximum Gasteiger partial charge on any atom is 0.325 e. The van der Waals surface area contributed by atoms with Crippen molar-refractivity contribution in [2.24, 2.45) is 0 Å². The molecule has 1 aliphatic carbocycles. The first-order valence-corrected chi connectivity index (χ1v) is 6.75. The molecule has 108 valence electrons. The number of rotatable bonds is 4. The minimum absolute atomic E-state index is 0.0323. The Labute approximate surface area is 117 Å². The number of esters is 1. The van der Waals surface area contributed by atoms with Crippen molar-refractivity contribution < 1.29 is 18.7 Å². The summed E-state index contributed by atoms with van der Waals surface area (Å²) >= 11 is 0. The Balaban J connectivity index is 2.20. The lowest BCUT2D eigenvalue weighted by Gasteiger charge is -2.28. The fraction of sp³-hybridized carbons (Fsp3) is 0.467. The van der Waals surface area contributed by atoms with Crippen molar-refractivity contribution in [3.8, 4) is 0 Å². The first-order valence-electron chi connectivity index (χ1n) is 6.75. The highest BCUT2D eigenvalue weighted by Gasteiger charge is 2.29. The molecule has 0 atom stereocenters. The van der Waals surface area contributed by atoms with Gasteiger partial charge in [-0.05, 0) is 31.0 Å². The van der Waals surface area contributed by atoms with Crippen molar-refractivity contribution >= 4 is 11.9 Å². The van der Waals surface area contributed by atoms with Gasteiger partial charge in [0, 0.05) is 11.6 Å². The van der Waals surface area contributed by atoms with Crippen LogP contribution in [0.15, 0.2) is 24.3 Å². The minimum Gasteiger partial charge on any atom is -0.468 e. The molecule has 2 rings (SSSR count). The van der Waals surface area contributed by atoms with Crippen LogP contribution in [0.25, 0.3) is 0 Å². The molecule has 5 heteroatoms. The van der Waals surface area contributed by atoms with Gasteiger partial charge in [0.1, 0.15) is 12.4 Å². The van der Waals surface area contributed by atoms with Crippen LogP contribution in [0, 0.1) is 5.82 Å². The van der Waals surface area contributed by atoms with Gasteiger partial charge in [0.15, 0.2) is 0 Å². The molecule has 0 saturated heterocycles. The van der Waals surface area contributed by atoms with Gasteiger partial charge in [-0.1, -0.05) is 18.9 Å². The molecular formula is C15H18FNO3. The summed E-state index contributed by atoms with van der Waals surface area (Å²) in [5.74, 6) is -1.23. The van der Waals surface area contributed by atoms with E-state index in [9.17, 15) is 14.0 Å². The van der Waals surface area contributed by atoms with Crippen LogP contribution in [0.2, 0.25) is 0 Å². The van der Waals surface area contributed by atoms with Crippen LogP contribution in [-0.2, 0) is 9.53 Å². The molecule has 20 heavy (non-hydrogen) atoms. The second-order valence-corrected chi connectivity index (χ2v) is 4.96. The minimum atomic E-state index is -0.458. The second-order valence-electron chi connectivity index (χ2n) is 4.96. The first-order chi connectivity index (χ1) is 9.61. The SMILES string of the molecule is COC(=O)CN(C(=O)c1cccc(F)c1)C1CCCC1. The molecule has 1 saturated carbocycles. The third-order valence-corrected chi connectivity index (χ3v) is 3.63. The van der Waals surface area contributed by atoms with E-state index in [1.165, 1.54) is 30.2 Å². The Bertz CT molecular complexity index is 498. The maximum absolute atomic E-state index is 13.2. The Morgan fingerprint density at radius 2 is 2.05 bits per heavy atom. The summed E-state index contributed by atoms with van der Waals surface area (Å²) in [7, 11) is 1.29. The van der Waals surface area contributed by atoms with E-state index in [-0.39, 0.29) is 24.1 Å². The van der Waals surface area contributed by atoms with E-state index in [0.717, 1.165) is 25.7 Å². The Morgan fingerprint density at radius 3 is 2.65 bits per heavy atom. The summed E-state index contributed by atoms with van der Waals surface area (Å²) in [6, 6.07) is 5.57. The Kier molecular flexibility index (Phi) is 4.71. The predicted molar refractivity (Wildman–Crippen MR) is 71.7 cm³/mol. The molecular weight excluding hydrogens is 261 g/mol. The zero-order chi connectivity index (χ0) is 14.5. The average Bonchev–Trinajstić information content (AvgIpc) is 2.97. The lowest BCUT2D eigenvalue weighted by atomic mass is 10.1. The van der Waals surface area contributed by atoms with E-state index in [0.29, 0.717) is 0 Å². The molecule has 1 aliphatic rings. The topological polar surface area (TPSA) is 46.6 Å². The van der Waals surface area contributed by atoms with Crippen LogP contribution in [-0.4, -0.2) is 36.5 Å². The molecule has 1 aromatic rings. The molecule has 0 heterocycles. The number of ether oxygens (including phenoxy) is 1. The van der Waals surface area contributed by atoms with E-state index in [2.05, 4.69) is 4.74 Å². The van der Waals surface area contributed by atoms with E-state index in [4.69, 9.17) is 0 Å². The number of carbonyl (C=O) groups is 2. The summed E-state index contributed by atoms with van der Waals surface area (Å²) in [4.78, 5) is 25.5. The van der Waals surface area contributed by atoms with Gasteiger partial charge in [0.2, 0.25) is 0 Å². The average molecular weight is 279 g/mol. The monoisotopic (exact) mass is 279 g/mol. The van der Waals surface area contributed by atoms with Gasteiger partial charge < -0.3 is 9.64 Å². The third kappa shape index (κ3) is 3.35. The summed E-state index contributed by atoms with van der Waals surface area (Å²) in [6.45, 7) is -0.0868. The third-order valence-electron chi connectivity index (χ3n) is 3.63. The number of nitrogens with zero attached hydrogens (tertiary/aromatic N) is 1. The molecule has 0 bridgehead atoms. The van der Waals surface area contributed by atoms with Gasteiger partial charge in [-0.15, -0.1) is 0 Å². The van der Waals surface area contributed by atoms with Crippen molar-refractivity contribution in [2.75, 3.05) is 13.7 Å². The van der Waals surface area contributed by atoms with E-state index in [1.54, 1.807) is 6.07 Å². The summed E-state index contributed by atoms with van der Waals surface area (Å²) in [6.07, 6.45) is 3.83. The molecule has 0 radical (unpaired) electrons. The Morgan fingerprint density at radius 1 is 1.35 bits per heavy atom. The number of hydrogen-bond donors (Lipinski definition) is 0. The van der Waals surface area contributed by atoms with Gasteiger partial charge in [-0.25, -0.2) is 4.39 Å². The number of methoxy groups -OCH3 is 1. The number of benzene rings is 1. The van der Waals surface area contributed by atoms with E-state index >= 15 is 0 Å². The number of hydrogen-bond acceptors (Lipinski definition) is 3. The highest BCUT2D eigenvalue weighted by molar-refractivity contribution is 5.96. The standard InChI is InChI=1S/C15H18FNO3/c1-20-14(18)10-17(13-7-2-3-8-13)15(19)11-5-4-6-12(16)9-11/h4-6,9,13H,2-3,7-8,10H2,1H3. The molecule has 0 spiro atoms. The van der Waals surface area contributed by atoms with Gasteiger partial charge in [-0.3, -0.25) is 9.59 Å². The zero-order valence-corrected chi connectivity index (χ0v) is 11.5. The van der Waals surface area contributed by atoms with Gasteiger partial charge in [0.05, 0.1) is 7.11 Å². The number of amides is 1. The van der Waals surface area contributed by atoms with Crippen molar-refractivity contribution in [3.05, 3.63) is 35.6 Å². The van der Waals surface area contributed by atoms with Crippen LogP contribution < -0.4 is 0 Å². The number of carbonyl (C=O) groups excluding carboxylic acids is 2. The lowest BCUT2D eigenvalue weighted by Crippen LogP contribution is -2.42. The second kappa shape index (κ2) is 6.50. The first kappa shape index (κ1) is 14.5. The highest BCUT2D eigenvalue weighted by Crippen LogP contribution is 2.25. The van der Waals surface area contributed by atoms with E-state index < -0.39 is 11.8 Å². The molecule has 1 aromatic carbocycles. The van der Waals surface area contributed by atoms with Crippen molar-refractivity contribution in [2.45, 2.75) is 31.7 Å². The smallest absolute Gasteiger partial charge is 0.325 e. The fourth-order valence-corrected chi connectivity index (χ4v) is 2.57. The van der Waals surface area contributed by atoms with Crippen molar-refractivity contribution in [3.63, 3.8) is 0 Å². The quantitative estimate of drug-likeness (QED) is 0.795. The maximum atomic E-state index is 13.2.